The van der Waals surface area contributed by atoms with Gasteiger partial charge in [0, 0.05) is 23.7 Å². The highest BCUT2D eigenvalue weighted by atomic mass is 19.1. The molecule has 2 radical (unpaired) electrons. The second-order valence-corrected chi connectivity index (χ2v) is 1.63. The second kappa shape index (κ2) is 3.12. The maximum absolute atomic E-state index is 12.0. The zero-order valence-electron chi connectivity index (χ0n) is 4.84. The van der Waals surface area contributed by atoms with E-state index in [9.17, 15) is 8.78 Å². The standard InChI is InChI=1S/C6H4F2O.O/c7-4-1-5(8)3-6(9)2-4;/h1-3,9H;. The molecule has 0 aliphatic carbocycles. The molecule has 0 aliphatic heterocycles. The van der Waals surface area contributed by atoms with Crippen molar-refractivity contribution >= 4 is 0 Å². The molecular weight excluding hydrogens is 142 g/mol. The van der Waals surface area contributed by atoms with E-state index in [1.165, 1.54) is 0 Å². The van der Waals surface area contributed by atoms with Gasteiger partial charge in [0.15, 0.2) is 0 Å². The molecule has 0 fully saturated rings. The predicted molar refractivity (Wildman–Crippen MR) is 28.7 cm³/mol. The van der Waals surface area contributed by atoms with E-state index in [-0.39, 0.29) is 5.48 Å². The van der Waals surface area contributed by atoms with Crippen molar-refractivity contribution in [3.63, 3.8) is 0 Å². The van der Waals surface area contributed by atoms with Crippen molar-refractivity contribution in [3.05, 3.63) is 29.8 Å². The van der Waals surface area contributed by atoms with Crippen LogP contribution in [0.2, 0.25) is 0 Å². The number of rotatable bonds is 0. The van der Waals surface area contributed by atoms with Gasteiger partial charge in [0.2, 0.25) is 0 Å². The first kappa shape index (κ1) is 8.84. The molecule has 4 heteroatoms. The SMILES string of the molecule is Oc1cc(F)cc(F)c1.[O]. The van der Waals surface area contributed by atoms with Crippen molar-refractivity contribution in [2.45, 2.75) is 0 Å². The van der Waals surface area contributed by atoms with Crippen molar-refractivity contribution in [1.29, 1.82) is 0 Å². The Bertz CT molecular complexity index is 175. The largest absolute Gasteiger partial charge is 0.508 e. The molecule has 0 bridgehead atoms. The molecule has 0 saturated carbocycles. The van der Waals surface area contributed by atoms with E-state index >= 15 is 0 Å². The van der Waals surface area contributed by atoms with Crippen LogP contribution in [0, 0.1) is 11.6 Å². The summed E-state index contributed by atoms with van der Waals surface area (Å²) in [6, 6.07) is 2.37. The lowest BCUT2D eigenvalue weighted by Crippen LogP contribution is -1.76. The van der Waals surface area contributed by atoms with Crippen LogP contribution in [0.15, 0.2) is 18.2 Å². The molecule has 0 heterocycles. The number of phenols is 1. The van der Waals surface area contributed by atoms with Crippen LogP contribution in [0.5, 0.6) is 5.75 Å². The molecule has 1 rings (SSSR count). The zero-order chi connectivity index (χ0) is 6.85. The molecule has 10 heavy (non-hydrogen) atoms. The average Bonchev–Trinajstić information content (AvgIpc) is 1.59. The van der Waals surface area contributed by atoms with E-state index in [4.69, 9.17) is 5.11 Å². The van der Waals surface area contributed by atoms with Crippen molar-refractivity contribution < 1.29 is 19.4 Å². The minimum atomic E-state index is -0.771. The van der Waals surface area contributed by atoms with E-state index in [2.05, 4.69) is 0 Å². The van der Waals surface area contributed by atoms with E-state index in [1.807, 2.05) is 0 Å². The van der Waals surface area contributed by atoms with Gasteiger partial charge in [0.05, 0.1) is 0 Å². The Morgan fingerprint density at radius 1 is 1.00 bits per heavy atom. The average molecular weight is 146 g/mol. The van der Waals surface area contributed by atoms with E-state index in [0.717, 1.165) is 12.1 Å². The lowest BCUT2D eigenvalue weighted by molar-refractivity contribution is 0.460. The summed E-state index contributed by atoms with van der Waals surface area (Å²) in [5, 5.41) is 8.51. The van der Waals surface area contributed by atoms with Crippen molar-refractivity contribution in [1.82, 2.24) is 0 Å². The molecule has 2 nitrogen and oxygen atoms in total. The van der Waals surface area contributed by atoms with Gasteiger partial charge < -0.3 is 5.11 Å². The minimum absolute atomic E-state index is 0. The number of phenolic OH excluding ortho intramolecular Hbond substituents is 1. The summed E-state index contributed by atoms with van der Waals surface area (Å²) in [7, 11) is 0. The topological polar surface area (TPSA) is 48.7 Å². The molecule has 1 N–H and O–H groups in total. The van der Waals surface area contributed by atoms with Crippen LogP contribution in [0.4, 0.5) is 8.78 Å². The van der Waals surface area contributed by atoms with Crippen LogP contribution in [0.1, 0.15) is 0 Å². The van der Waals surface area contributed by atoms with Gasteiger partial charge in [-0.1, -0.05) is 0 Å². The fourth-order valence-corrected chi connectivity index (χ4v) is 0.539. The number of hydrogen-bond donors (Lipinski definition) is 1. The van der Waals surface area contributed by atoms with E-state index < -0.39 is 17.4 Å². The highest BCUT2D eigenvalue weighted by Gasteiger charge is 1.95. The van der Waals surface area contributed by atoms with Crippen LogP contribution < -0.4 is 0 Å². The van der Waals surface area contributed by atoms with E-state index in [0.29, 0.717) is 6.07 Å². The Labute approximate surface area is 56.0 Å². The molecule has 0 atom stereocenters. The van der Waals surface area contributed by atoms with Crippen LogP contribution >= 0.6 is 0 Å². The highest BCUT2D eigenvalue weighted by molar-refractivity contribution is 5.21. The summed E-state index contributed by atoms with van der Waals surface area (Å²) in [6.45, 7) is 0. The molecular formula is C6H4F2O2. The first-order valence-corrected chi connectivity index (χ1v) is 2.33. The number of aromatic hydroxyl groups is 1. The van der Waals surface area contributed by atoms with Crippen LogP contribution in [-0.4, -0.2) is 5.11 Å². The Hall–Kier alpha value is -1.16. The van der Waals surface area contributed by atoms with Gasteiger partial charge in [0.1, 0.15) is 17.4 Å². The monoisotopic (exact) mass is 146 g/mol. The summed E-state index contributed by atoms with van der Waals surface area (Å²) >= 11 is 0. The molecule has 1 aromatic rings. The van der Waals surface area contributed by atoms with Crippen LogP contribution in [-0.2, 0) is 5.48 Å². The number of halogens is 2. The van der Waals surface area contributed by atoms with Gasteiger partial charge in [-0.3, -0.25) is 0 Å². The van der Waals surface area contributed by atoms with Gasteiger partial charge in [0.25, 0.3) is 0 Å². The first-order valence-electron chi connectivity index (χ1n) is 2.33. The van der Waals surface area contributed by atoms with E-state index in [1.54, 1.807) is 0 Å². The summed E-state index contributed by atoms with van der Waals surface area (Å²) in [5.41, 5.74) is 0. The van der Waals surface area contributed by atoms with Crippen molar-refractivity contribution in [2.24, 2.45) is 0 Å². The summed E-state index contributed by atoms with van der Waals surface area (Å²) < 4.78 is 24.1. The predicted octanol–water partition coefficient (Wildman–Crippen LogP) is 1.55. The third kappa shape index (κ3) is 1.99. The molecule has 0 saturated heterocycles. The molecule has 0 spiro atoms. The second-order valence-electron chi connectivity index (χ2n) is 1.63. The highest BCUT2D eigenvalue weighted by Crippen LogP contribution is 2.12. The lowest BCUT2D eigenvalue weighted by Gasteiger charge is -1.90. The smallest absolute Gasteiger partial charge is 0.129 e. The van der Waals surface area contributed by atoms with Gasteiger partial charge >= 0.3 is 0 Å². The molecule has 0 unspecified atom stereocenters. The van der Waals surface area contributed by atoms with Crippen molar-refractivity contribution in [3.8, 4) is 5.75 Å². The van der Waals surface area contributed by atoms with Gasteiger partial charge in [-0.25, -0.2) is 8.78 Å². The number of hydrogen-bond acceptors (Lipinski definition) is 1. The Morgan fingerprint density at radius 2 is 1.40 bits per heavy atom. The summed E-state index contributed by atoms with van der Waals surface area (Å²) in [6.07, 6.45) is 0. The molecule has 0 amide bonds. The Kier molecular flexibility index (Phi) is 2.76. The lowest BCUT2D eigenvalue weighted by atomic mass is 10.3. The zero-order valence-corrected chi connectivity index (χ0v) is 4.84. The maximum Gasteiger partial charge on any atom is 0.129 e. The fraction of sp³-hybridized carbons (Fsp3) is 0. The maximum atomic E-state index is 12.0. The summed E-state index contributed by atoms with van der Waals surface area (Å²) in [5.74, 6) is -1.94. The Balaban J connectivity index is 0.000000810. The van der Waals surface area contributed by atoms with Gasteiger partial charge in [-0.2, -0.15) is 0 Å². The fourth-order valence-electron chi connectivity index (χ4n) is 0.539. The quantitative estimate of drug-likeness (QED) is 0.593. The summed E-state index contributed by atoms with van der Waals surface area (Å²) in [4.78, 5) is 0. The Morgan fingerprint density at radius 3 is 1.70 bits per heavy atom. The van der Waals surface area contributed by atoms with Crippen LogP contribution in [0.3, 0.4) is 0 Å². The van der Waals surface area contributed by atoms with Gasteiger partial charge in [-0.15, -0.1) is 0 Å². The third-order valence-corrected chi connectivity index (χ3v) is 0.847. The molecule has 0 aromatic heterocycles. The van der Waals surface area contributed by atoms with Crippen LogP contribution in [0.25, 0.3) is 0 Å². The normalized spacial score (nSPS) is 8.60. The van der Waals surface area contributed by atoms with Crippen molar-refractivity contribution in [2.75, 3.05) is 0 Å². The number of benzene rings is 1. The minimum Gasteiger partial charge on any atom is -0.508 e. The third-order valence-electron chi connectivity index (χ3n) is 0.847. The van der Waals surface area contributed by atoms with Gasteiger partial charge in [-0.05, 0) is 0 Å². The first-order chi connectivity index (χ1) is 4.18. The molecule has 0 aliphatic rings. The molecule has 54 valence electrons. The molecule has 1 aromatic carbocycles.